The van der Waals surface area contributed by atoms with Gasteiger partial charge in [-0.1, -0.05) is 18.2 Å². The molecule has 0 aliphatic carbocycles. The fraction of sp³-hybridized carbons (Fsp3) is 0. The van der Waals surface area contributed by atoms with Crippen LogP contribution in [-0.2, 0) is 0 Å². The molecule has 82 valence electrons. The second-order valence-electron chi connectivity index (χ2n) is 3.77. The smallest absolute Gasteiger partial charge is 0.160 e. The predicted octanol–water partition coefficient (Wildman–Crippen LogP) is 3.78. The Balaban J connectivity index is 2.14. The van der Waals surface area contributed by atoms with E-state index in [-0.39, 0.29) is 0 Å². The number of fused-ring (bicyclic) bond motifs is 1. The van der Waals surface area contributed by atoms with E-state index < -0.39 is 0 Å². The van der Waals surface area contributed by atoms with E-state index in [9.17, 15) is 4.79 Å². The maximum absolute atomic E-state index is 10.7. The minimum absolute atomic E-state index is 0.744. The number of thiophene rings is 1. The Hall–Kier alpha value is -2.00. The normalized spacial score (nSPS) is 10.6. The van der Waals surface area contributed by atoms with Crippen molar-refractivity contribution in [2.75, 3.05) is 0 Å². The van der Waals surface area contributed by atoms with Crippen LogP contribution in [0.1, 0.15) is 9.67 Å². The third kappa shape index (κ3) is 1.85. The zero-order chi connectivity index (χ0) is 11.7. The molecule has 0 aliphatic heterocycles. The van der Waals surface area contributed by atoms with Crippen molar-refractivity contribution in [3.63, 3.8) is 0 Å². The fourth-order valence-corrected chi connectivity index (χ4v) is 2.51. The molecule has 3 rings (SSSR count). The van der Waals surface area contributed by atoms with Crippen molar-refractivity contribution in [2.45, 2.75) is 0 Å². The predicted molar refractivity (Wildman–Crippen MR) is 70.4 cm³/mol. The molecule has 1 aromatic carbocycles. The van der Waals surface area contributed by atoms with Gasteiger partial charge in [-0.15, -0.1) is 11.3 Å². The second kappa shape index (κ2) is 4.11. The number of aldehydes is 1. The lowest BCUT2D eigenvalue weighted by molar-refractivity contribution is 0.112. The van der Waals surface area contributed by atoms with Crippen LogP contribution in [0, 0.1) is 0 Å². The zero-order valence-corrected chi connectivity index (χ0v) is 9.78. The minimum Gasteiger partial charge on any atom is -0.297 e. The topological polar surface area (TPSA) is 30.0 Å². The van der Waals surface area contributed by atoms with Crippen LogP contribution in [0.2, 0.25) is 0 Å². The molecule has 0 atom stereocenters. The van der Waals surface area contributed by atoms with Gasteiger partial charge in [0.05, 0.1) is 10.4 Å². The summed E-state index contributed by atoms with van der Waals surface area (Å²) in [6.45, 7) is 0. The monoisotopic (exact) mass is 239 g/mol. The van der Waals surface area contributed by atoms with E-state index in [1.54, 1.807) is 0 Å². The van der Waals surface area contributed by atoms with Gasteiger partial charge in [0.25, 0.3) is 0 Å². The summed E-state index contributed by atoms with van der Waals surface area (Å²) < 4.78 is 0. The lowest BCUT2D eigenvalue weighted by Crippen LogP contribution is -1.80. The highest BCUT2D eigenvalue weighted by Gasteiger charge is 2.03. The van der Waals surface area contributed by atoms with Gasteiger partial charge in [0, 0.05) is 17.1 Å². The number of aromatic nitrogens is 1. The third-order valence-corrected chi connectivity index (χ3v) is 3.52. The first-order valence-corrected chi connectivity index (χ1v) is 6.14. The van der Waals surface area contributed by atoms with E-state index in [1.807, 2.05) is 41.9 Å². The second-order valence-corrected chi connectivity index (χ2v) is 4.72. The molecule has 0 N–H and O–H groups in total. The molecule has 0 unspecified atom stereocenters. The maximum atomic E-state index is 10.7. The van der Waals surface area contributed by atoms with Gasteiger partial charge in [0.2, 0.25) is 0 Å². The summed E-state index contributed by atoms with van der Waals surface area (Å²) in [7, 11) is 0. The van der Waals surface area contributed by atoms with Crippen LogP contribution in [0.15, 0.2) is 48.0 Å². The Morgan fingerprint density at radius 2 is 2.00 bits per heavy atom. The first kappa shape index (κ1) is 10.2. The lowest BCUT2D eigenvalue weighted by atomic mass is 10.1. The molecular weight excluding hydrogens is 230 g/mol. The number of benzene rings is 1. The van der Waals surface area contributed by atoms with E-state index >= 15 is 0 Å². The van der Waals surface area contributed by atoms with Gasteiger partial charge in [0.1, 0.15) is 0 Å². The van der Waals surface area contributed by atoms with Crippen molar-refractivity contribution in [3.05, 3.63) is 52.9 Å². The van der Waals surface area contributed by atoms with Crippen LogP contribution in [-0.4, -0.2) is 11.3 Å². The van der Waals surface area contributed by atoms with Crippen LogP contribution in [0.5, 0.6) is 0 Å². The van der Waals surface area contributed by atoms with Gasteiger partial charge in [-0.25, -0.2) is 0 Å². The van der Waals surface area contributed by atoms with E-state index in [0.29, 0.717) is 0 Å². The molecule has 0 saturated heterocycles. The van der Waals surface area contributed by atoms with Crippen LogP contribution in [0.4, 0.5) is 0 Å². The summed E-state index contributed by atoms with van der Waals surface area (Å²) in [5.74, 6) is 0. The number of rotatable bonds is 2. The summed E-state index contributed by atoms with van der Waals surface area (Å²) in [6, 6.07) is 12.0. The Kier molecular flexibility index (Phi) is 2.46. The van der Waals surface area contributed by atoms with Gasteiger partial charge in [-0.3, -0.25) is 9.78 Å². The molecule has 0 bridgehead atoms. The van der Waals surface area contributed by atoms with Crippen LogP contribution >= 0.6 is 11.3 Å². The number of pyridine rings is 1. The summed E-state index contributed by atoms with van der Waals surface area (Å²) >= 11 is 1.45. The summed E-state index contributed by atoms with van der Waals surface area (Å²) in [5.41, 5.74) is 3.09. The summed E-state index contributed by atoms with van der Waals surface area (Å²) in [5, 5.41) is 3.10. The van der Waals surface area contributed by atoms with Crippen molar-refractivity contribution in [2.24, 2.45) is 0 Å². The van der Waals surface area contributed by atoms with Gasteiger partial charge < -0.3 is 0 Å². The average molecular weight is 239 g/mol. The quantitative estimate of drug-likeness (QED) is 0.637. The van der Waals surface area contributed by atoms with Crippen molar-refractivity contribution in [3.8, 4) is 11.1 Å². The first-order chi connectivity index (χ1) is 8.36. The molecule has 0 fully saturated rings. The van der Waals surface area contributed by atoms with Crippen molar-refractivity contribution >= 4 is 28.5 Å². The Labute approximate surface area is 103 Å². The number of nitrogens with zero attached hydrogens (tertiary/aromatic N) is 1. The van der Waals surface area contributed by atoms with E-state index in [2.05, 4.69) is 11.1 Å². The minimum atomic E-state index is 0.744. The van der Waals surface area contributed by atoms with E-state index in [1.165, 1.54) is 11.3 Å². The Morgan fingerprint density at radius 1 is 1.12 bits per heavy atom. The molecular formula is C14H9NOS. The van der Waals surface area contributed by atoms with Crippen LogP contribution in [0.25, 0.3) is 22.0 Å². The van der Waals surface area contributed by atoms with Crippen molar-refractivity contribution in [1.29, 1.82) is 0 Å². The van der Waals surface area contributed by atoms with Gasteiger partial charge in [-0.05, 0) is 29.1 Å². The van der Waals surface area contributed by atoms with Gasteiger partial charge in [-0.2, -0.15) is 0 Å². The molecule has 0 radical (unpaired) electrons. The average Bonchev–Trinajstić information content (AvgIpc) is 2.87. The van der Waals surface area contributed by atoms with E-state index in [0.717, 1.165) is 33.2 Å². The molecule has 0 saturated carbocycles. The maximum Gasteiger partial charge on any atom is 0.160 e. The highest BCUT2D eigenvalue weighted by atomic mass is 32.1. The van der Waals surface area contributed by atoms with Crippen LogP contribution in [0.3, 0.4) is 0 Å². The molecule has 0 amide bonds. The standard InChI is InChI=1S/C14H9NOS/c16-8-13-6-12(9-17-13)11-5-10-3-1-2-4-14(10)15-7-11/h1-9H. The van der Waals surface area contributed by atoms with E-state index in [4.69, 9.17) is 0 Å². The number of hydrogen-bond acceptors (Lipinski definition) is 3. The number of hydrogen-bond donors (Lipinski definition) is 0. The number of carbonyl (C=O) groups is 1. The number of carbonyl (C=O) groups excluding carboxylic acids is 1. The van der Waals surface area contributed by atoms with Crippen LogP contribution < -0.4 is 0 Å². The molecule has 2 aromatic heterocycles. The SMILES string of the molecule is O=Cc1cc(-c2cnc3ccccc3c2)cs1. The molecule has 17 heavy (non-hydrogen) atoms. The van der Waals surface area contributed by atoms with Crippen molar-refractivity contribution < 1.29 is 4.79 Å². The Bertz CT molecular complexity index is 687. The molecule has 2 nitrogen and oxygen atoms in total. The molecule has 3 heteroatoms. The third-order valence-electron chi connectivity index (χ3n) is 2.66. The molecule has 3 aromatic rings. The van der Waals surface area contributed by atoms with Gasteiger partial charge >= 0.3 is 0 Å². The highest BCUT2D eigenvalue weighted by molar-refractivity contribution is 7.12. The molecule has 0 aliphatic rings. The Morgan fingerprint density at radius 3 is 2.82 bits per heavy atom. The fourth-order valence-electron chi connectivity index (χ4n) is 1.79. The zero-order valence-electron chi connectivity index (χ0n) is 8.96. The van der Waals surface area contributed by atoms with Gasteiger partial charge in [0.15, 0.2) is 6.29 Å². The molecule has 2 heterocycles. The van der Waals surface area contributed by atoms with Crippen molar-refractivity contribution in [1.82, 2.24) is 4.98 Å². The first-order valence-electron chi connectivity index (χ1n) is 5.26. The molecule has 0 spiro atoms. The number of para-hydroxylation sites is 1. The summed E-state index contributed by atoms with van der Waals surface area (Å²) in [4.78, 5) is 15.8. The summed E-state index contributed by atoms with van der Waals surface area (Å²) in [6.07, 6.45) is 2.72. The largest absolute Gasteiger partial charge is 0.297 e. The highest BCUT2D eigenvalue weighted by Crippen LogP contribution is 2.26. The lowest BCUT2D eigenvalue weighted by Gasteiger charge is -2.00.